The number of rotatable bonds is 16. The van der Waals surface area contributed by atoms with E-state index in [-0.39, 0.29) is 5.25 Å². The van der Waals surface area contributed by atoms with E-state index in [1.807, 2.05) is 6.92 Å². The van der Waals surface area contributed by atoms with Crippen molar-refractivity contribution >= 4 is 16.1 Å². The van der Waals surface area contributed by atoms with Gasteiger partial charge in [0.2, 0.25) is 0 Å². The third kappa shape index (κ3) is 10.2. The lowest BCUT2D eigenvalue weighted by Crippen LogP contribution is -2.30. The van der Waals surface area contributed by atoms with E-state index in [4.69, 9.17) is 0 Å². The van der Waals surface area contributed by atoms with Crippen molar-refractivity contribution < 1.29 is 13.2 Å². The average Bonchev–Trinajstić information content (AvgIpc) is 2.54. The second-order valence-corrected chi connectivity index (χ2v) is 9.37. The normalized spacial score (nSPS) is 14.6. The second kappa shape index (κ2) is 14.0. The van der Waals surface area contributed by atoms with Gasteiger partial charge in [-0.2, -0.15) is 0 Å². The van der Waals surface area contributed by atoms with Crippen LogP contribution in [0.2, 0.25) is 0 Å². The first-order valence-corrected chi connectivity index (χ1v) is 11.3. The van der Waals surface area contributed by atoms with Gasteiger partial charge in [-0.1, -0.05) is 84.5 Å². The molecule has 2 unspecified atom stereocenters. The molecule has 0 N–H and O–H groups in total. The Morgan fingerprint density at radius 1 is 0.783 bits per heavy atom. The quantitative estimate of drug-likeness (QED) is 0.275. The first-order chi connectivity index (χ1) is 11.0. The monoisotopic (exact) mass is 346 g/mol. The van der Waals surface area contributed by atoms with E-state index in [2.05, 4.69) is 6.92 Å². The van der Waals surface area contributed by atoms with Gasteiger partial charge in [-0.05, 0) is 19.8 Å². The van der Waals surface area contributed by atoms with Gasteiger partial charge in [0.25, 0.3) is 0 Å². The highest BCUT2D eigenvalue weighted by atomic mass is 32.2. The number of carbonyl (C=O) groups is 1. The molecule has 0 saturated heterocycles. The molecule has 0 aliphatic rings. The Morgan fingerprint density at radius 3 is 1.61 bits per heavy atom. The fraction of sp³-hybridized carbons (Fsp3) is 0.947. The minimum absolute atomic E-state index is 0.346. The highest BCUT2D eigenvalue weighted by Gasteiger charge is 2.29. The van der Waals surface area contributed by atoms with E-state index in [1.165, 1.54) is 64.7 Å². The molecule has 0 aliphatic carbocycles. The van der Waals surface area contributed by atoms with E-state index in [0.717, 1.165) is 12.8 Å². The van der Waals surface area contributed by atoms with E-state index < -0.39 is 15.1 Å². The van der Waals surface area contributed by atoms with Crippen LogP contribution in [-0.2, 0) is 14.6 Å². The van der Waals surface area contributed by atoms with Crippen LogP contribution >= 0.6 is 0 Å². The van der Waals surface area contributed by atoms with Crippen LogP contribution in [0.25, 0.3) is 0 Å². The molecule has 0 radical (unpaired) electrons. The van der Waals surface area contributed by atoms with Crippen LogP contribution in [0.1, 0.15) is 104 Å². The summed E-state index contributed by atoms with van der Waals surface area (Å²) in [5.41, 5.74) is 0. The van der Waals surface area contributed by atoms with E-state index in [9.17, 15) is 13.2 Å². The van der Waals surface area contributed by atoms with Crippen LogP contribution in [0.15, 0.2) is 0 Å². The summed E-state index contributed by atoms with van der Waals surface area (Å²) in [6.07, 6.45) is 15.8. The van der Waals surface area contributed by atoms with Crippen LogP contribution in [0.5, 0.6) is 0 Å². The molecule has 0 heterocycles. The summed E-state index contributed by atoms with van der Waals surface area (Å²) in [6, 6.07) is 0. The van der Waals surface area contributed by atoms with E-state index in [0.29, 0.717) is 19.1 Å². The lowest BCUT2D eigenvalue weighted by molar-refractivity contribution is -0.107. The number of hydrogen-bond donors (Lipinski definition) is 0. The number of hydrogen-bond acceptors (Lipinski definition) is 3. The molecule has 23 heavy (non-hydrogen) atoms. The fourth-order valence-corrected chi connectivity index (χ4v) is 4.74. The Labute approximate surface area is 144 Å². The summed E-state index contributed by atoms with van der Waals surface area (Å²) in [4.78, 5) is 10.8. The summed E-state index contributed by atoms with van der Waals surface area (Å²) < 4.78 is 24.3. The molecular formula is C19H38O3S. The summed E-state index contributed by atoms with van der Waals surface area (Å²) >= 11 is 0. The lowest BCUT2D eigenvalue weighted by Gasteiger charge is -2.17. The third-order valence-electron chi connectivity index (χ3n) is 4.76. The molecule has 2 atom stereocenters. The van der Waals surface area contributed by atoms with Crippen molar-refractivity contribution in [3.05, 3.63) is 0 Å². The van der Waals surface area contributed by atoms with Gasteiger partial charge in [0.05, 0.1) is 5.25 Å². The zero-order valence-electron chi connectivity index (χ0n) is 15.6. The molecule has 138 valence electrons. The molecule has 0 rings (SSSR count). The van der Waals surface area contributed by atoms with Gasteiger partial charge < -0.3 is 4.79 Å². The molecule has 0 fully saturated rings. The highest BCUT2D eigenvalue weighted by Crippen LogP contribution is 2.19. The Morgan fingerprint density at radius 2 is 1.22 bits per heavy atom. The van der Waals surface area contributed by atoms with Crippen molar-refractivity contribution in [2.45, 2.75) is 115 Å². The van der Waals surface area contributed by atoms with Gasteiger partial charge in [-0.3, -0.25) is 0 Å². The van der Waals surface area contributed by atoms with Crippen LogP contribution in [0.3, 0.4) is 0 Å². The van der Waals surface area contributed by atoms with Crippen molar-refractivity contribution in [3.63, 3.8) is 0 Å². The number of unbranched alkanes of at least 4 members (excludes halogenated alkanes) is 10. The number of aldehydes is 1. The molecule has 0 amide bonds. The SMILES string of the molecule is CCCCCCCCCCCCCC(CC)S(=O)(=O)C(C)C=O. The minimum Gasteiger partial charge on any atom is -0.302 e. The van der Waals surface area contributed by atoms with Gasteiger partial charge in [-0.15, -0.1) is 0 Å². The molecule has 4 heteroatoms. The standard InChI is InChI=1S/C19H38O3S/c1-4-6-7-8-9-10-11-12-13-14-15-16-19(5-2)23(21,22)18(3)17-20/h17-19H,4-16H2,1-3H3. The summed E-state index contributed by atoms with van der Waals surface area (Å²) in [6.45, 7) is 5.64. The average molecular weight is 347 g/mol. The van der Waals surface area contributed by atoms with E-state index >= 15 is 0 Å². The first kappa shape index (κ1) is 22.6. The largest absolute Gasteiger partial charge is 0.302 e. The molecule has 0 aromatic carbocycles. The molecule has 0 spiro atoms. The van der Waals surface area contributed by atoms with Crippen LogP contribution in [-0.4, -0.2) is 25.2 Å². The van der Waals surface area contributed by atoms with Crippen LogP contribution in [0, 0.1) is 0 Å². The molecular weight excluding hydrogens is 308 g/mol. The molecule has 0 aromatic heterocycles. The predicted octanol–water partition coefficient (Wildman–Crippen LogP) is 5.47. The highest BCUT2D eigenvalue weighted by molar-refractivity contribution is 7.93. The van der Waals surface area contributed by atoms with Gasteiger partial charge in [0, 0.05) is 0 Å². The van der Waals surface area contributed by atoms with Crippen molar-refractivity contribution in [1.29, 1.82) is 0 Å². The second-order valence-electron chi connectivity index (χ2n) is 6.78. The first-order valence-electron chi connectivity index (χ1n) is 9.68. The van der Waals surface area contributed by atoms with E-state index in [1.54, 1.807) is 0 Å². The number of carbonyl (C=O) groups excluding carboxylic acids is 1. The Kier molecular flexibility index (Phi) is 13.8. The third-order valence-corrected chi connectivity index (χ3v) is 7.41. The van der Waals surface area contributed by atoms with Crippen molar-refractivity contribution in [1.82, 2.24) is 0 Å². The maximum Gasteiger partial charge on any atom is 0.162 e. The van der Waals surface area contributed by atoms with Crippen LogP contribution in [0.4, 0.5) is 0 Å². The van der Waals surface area contributed by atoms with Crippen molar-refractivity contribution in [3.8, 4) is 0 Å². The predicted molar refractivity (Wildman–Crippen MR) is 99.6 cm³/mol. The van der Waals surface area contributed by atoms with Gasteiger partial charge >= 0.3 is 0 Å². The lowest BCUT2D eigenvalue weighted by atomic mass is 10.0. The van der Waals surface area contributed by atoms with Crippen LogP contribution < -0.4 is 0 Å². The van der Waals surface area contributed by atoms with Gasteiger partial charge in [-0.25, -0.2) is 8.42 Å². The Bertz CT molecular complexity index is 376. The summed E-state index contributed by atoms with van der Waals surface area (Å²) in [5.74, 6) is 0. The van der Waals surface area contributed by atoms with Gasteiger partial charge in [0.15, 0.2) is 9.84 Å². The maximum atomic E-state index is 12.2. The molecule has 0 aliphatic heterocycles. The molecule has 0 bridgehead atoms. The molecule has 0 aromatic rings. The number of sulfone groups is 1. The fourth-order valence-electron chi connectivity index (χ4n) is 3.02. The summed E-state index contributed by atoms with van der Waals surface area (Å²) in [7, 11) is -3.28. The summed E-state index contributed by atoms with van der Waals surface area (Å²) in [5, 5.41) is -1.21. The zero-order chi connectivity index (χ0) is 17.6. The smallest absolute Gasteiger partial charge is 0.162 e. The Balaban J connectivity index is 3.68. The minimum atomic E-state index is -3.28. The molecule has 3 nitrogen and oxygen atoms in total. The molecule has 0 saturated carbocycles. The van der Waals surface area contributed by atoms with Crippen molar-refractivity contribution in [2.24, 2.45) is 0 Å². The topological polar surface area (TPSA) is 51.2 Å². The van der Waals surface area contributed by atoms with Crippen molar-refractivity contribution in [2.75, 3.05) is 0 Å². The Hall–Kier alpha value is -0.380. The zero-order valence-corrected chi connectivity index (χ0v) is 16.4. The maximum absolute atomic E-state index is 12.2. The van der Waals surface area contributed by atoms with Gasteiger partial charge in [0.1, 0.15) is 11.5 Å².